The van der Waals surface area contributed by atoms with E-state index in [2.05, 4.69) is 285 Å². The Morgan fingerprint density at radius 2 is 0.461 bits per heavy atom. The summed E-state index contributed by atoms with van der Waals surface area (Å²) in [6.07, 6.45) is 1.88. The highest BCUT2D eigenvalue weighted by Gasteiger charge is 2.19. The number of aromatic nitrogens is 4. The van der Waals surface area contributed by atoms with Crippen LogP contribution in [0.3, 0.4) is 0 Å². The Balaban J connectivity index is 1.04. The van der Waals surface area contributed by atoms with Crippen LogP contribution in [0.1, 0.15) is 0 Å². The molecular formula is C72H48N4. The highest BCUT2D eigenvalue weighted by Crippen LogP contribution is 2.40. The maximum atomic E-state index is 5.52. The van der Waals surface area contributed by atoms with Crippen molar-refractivity contribution in [2.75, 3.05) is 0 Å². The Labute approximate surface area is 443 Å². The van der Waals surface area contributed by atoms with E-state index in [1.807, 2.05) is 6.20 Å². The molecule has 13 aromatic rings. The van der Waals surface area contributed by atoms with Crippen LogP contribution in [0.4, 0.5) is 0 Å². The Bertz CT molecular complexity index is 4130. The molecule has 0 fully saturated rings. The van der Waals surface area contributed by atoms with Gasteiger partial charge < -0.3 is 0 Å². The van der Waals surface area contributed by atoms with E-state index in [0.717, 1.165) is 117 Å². The fraction of sp³-hybridized carbons (Fsp3) is 0. The van der Waals surface area contributed by atoms with E-state index in [1.165, 1.54) is 0 Å². The Kier molecular flexibility index (Phi) is 12.3. The summed E-state index contributed by atoms with van der Waals surface area (Å²) in [5.41, 5.74) is 20.0. The smallest absolute Gasteiger partial charge is 0.164 e. The zero-order chi connectivity index (χ0) is 50.6. The van der Waals surface area contributed by atoms with Gasteiger partial charge in [0, 0.05) is 33.8 Å². The van der Waals surface area contributed by atoms with Crippen molar-refractivity contribution >= 4 is 10.8 Å². The van der Waals surface area contributed by atoms with Crippen LogP contribution < -0.4 is 0 Å². The van der Waals surface area contributed by atoms with Crippen molar-refractivity contribution in [1.29, 1.82) is 0 Å². The standard InChI is InChI=1S/C72H48N4/c1-6-20-49(21-7-1)55-31-18-32-56(38-55)63-41-61(52-26-12-4-13-27-52)45-66(47-63)71-74-70(58-34-19-33-57(39-58)69-68-35-17-16-30-54(68)36-37-73-69)75-72(76-71)67-46-62(53-28-14-5-15-29-53)44-65(48-67)64-42-59(50-22-8-2-9-23-50)40-60(43-64)51-24-10-3-11-25-51/h1-48H. The van der Waals surface area contributed by atoms with Gasteiger partial charge in [-0.15, -0.1) is 0 Å². The topological polar surface area (TPSA) is 51.6 Å². The molecule has 356 valence electrons. The van der Waals surface area contributed by atoms with E-state index in [-0.39, 0.29) is 0 Å². The largest absolute Gasteiger partial charge is 0.256 e. The summed E-state index contributed by atoms with van der Waals surface area (Å²) in [7, 11) is 0. The lowest BCUT2D eigenvalue weighted by Gasteiger charge is -2.15. The molecule has 0 radical (unpaired) electrons. The van der Waals surface area contributed by atoms with Gasteiger partial charge in [0.2, 0.25) is 0 Å². The lowest BCUT2D eigenvalue weighted by atomic mass is 9.91. The molecule has 2 heterocycles. The number of fused-ring (bicyclic) bond motifs is 1. The monoisotopic (exact) mass is 968 g/mol. The van der Waals surface area contributed by atoms with E-state index in [4.69, 9.17) is 19.9 Å². The van der Waals surface area contributed by atoms with Gasteiger partial charge in [-0.1, -0.05) is 212 Å². The van der Waals surface area contributed by atoms with Crippen molar-refractivity contribution in [2.24, 2.45) is 0 Å². The first-order valence-corrected chi connectivity index (χ1v) is 25.7. The predicted octanol–water partition coefficient (Wildman–Crippen LogP) is 18.8. The van der Waals surface area contributed by atoms with E-state index < -0.39 is 0 Å². The number of rotatable bonds is 11. The molecule has 0 amide bonds. The minimum Gasteiger partial charge on any atom is -0.256 e. The second kappa shape index (κ2) is 20.4. The van der Waals surface area contributed by atoms with Crippen LogP contribution in [0.2, 0.25) is 0 Å². The Hall–Kier alpha value is -10.2. The summed E-state index contributed by atoms with van der Waals surface area (Å²) in [5, 5.41) is 2.21. The SMILES string of the molecule is c1ccc(-c2cccc(-c3cc(-c4ccccc4)cc(-c4nc(-c5cc(-c6ccccc6)cc(-c6cc(-c7ccccc7)cc(-c7ccccc7)c6)c5)nc(-c5cccc(-c6nccc7ccccc67)c5)n4)c3)c2)cc1. The van der Waals surface area contributed by atoms with Gasteiger partial charge in [-0.2, -0.15) is 0 Å². The molecule has 4 heteroatoms. The first kappa shape index (κ1) is 45.7. The zero-order valence-corrected chi connectivity index (χ0v) is 41.5. The van der Waals surface area contributed by atoms with Gasteiger partial charge in [0.15, 0.2) is 17.5 Å². The van der Waals surface area contributed by atoms with E-state index in [9.17, 15) is 0 Å². The van der Waals surface area contributed by atoms with Gasteiger partial charge in [-0.05, 0) is 156 Å². The Morgan fingerprint density at radius 3 is 0.908 bits per heavy atom. The number of hydrogen-bond acceptors (Lipinski definition) is 4. The highest BCUT2D eigenvalue weighted by molar-refractivity contribution is 5.95. The highest BCUT2D eigenvalue weighted by atomic mass is 15.0. The van der Waals surface area contributed by atoms with Crippen LogP contribution in [0.25, 0.3) is 134 Å². The first-order valence-electron chi connectivity index (χ1n) is 25.7. The maximum absolute atomic E-state index is 5.52. The summed E-state index contributed by atoms with van der Waals surface area (Å²) in [6, 6.07) is 101. The van der Waals surface area contributed by atoms with Crippen LogP contribution in [0.5, 0.6) is 0 Å². The van der Waals surface area contributed by atoms with Crippen molar-refractivity contribution in [3.63, 3.8) is 0 Å². The summed E-state index contributed by atoms with van der Waals surface area (Å²) in [6.45, 7) is 0. The summed E-state index contributed by atoms with van der Waals surface area (Å²) < 4.78 is 0. The molecule has 2 aromatic heterocycles. The normalized spacial score (nSPS) is 11.2. The Morgan fingerprint density at radius 1 is 0.184 bits per heavy atom. The molecule has 0 bridgehead atoms. The molecule has 0 spiro atoms. The van der Waals surface area contributed by atoms with Crippen molar-refractivity contribution < 1.29 is 0 Å². The average molecular weight is 969 g/mol. The molecule has 11 aromatic carbocycles. The predicted molar refractivity (Wildman–Crippen MR) is 315 cm³/mol. The molecule has 0 aliphatic rings. The molecule has 0 atom stereocenters. The fourth-order valence-corrected chi connectivity index (χ4v) is 10.3. The van der Waals surface area contributed by atoms with Crippen LogP contribution in [-0.2, 0) is 0 Å². The number of benzene rings is 11. The maximum Gasteiger partial charge on any atom is 0.164 e. The molecule has 0 aliphatic carbocycles. The van der Waals surface area contributed by atoms with Crippen LogP contribution in [0.15, 0.2) is 291 Å². The molecule has 76 heavy (non-hydrogen) atoms. The minimum atomic E-state index is 0.559. The molecule has 4 nitrogen and oxygen atoms in total. The van der Waals surface area contributed by atoms with Gasteiger partial charge in [0.05, 0.1) is 5.69 Å². The average Bonchev–Trinajstić information content (AvgIpc) is 3.54. The third-order valence-electron chi connectivity index (χ3n) is 14.1. The molecule has 0 saturated carbocycles. The van der Waals surface area contributed by atoms with E-state index >= 15 is 0 Å². The molecule has 0 unspecified atom stereocenters. The van der Waals surface area contributed by atoms with E-state index in [1.54, 1.807) is 0 Å². The van der Waals surface area contributed by atoms with Gasteiger partial charge in [-0.3, -0.25) is 4.98 Å². The van der Waals surface area contributed by atoms with Gasteiger partial charge in [0.1, 0.15) is 0 Å². The molecular weight excluding hydrogens is 921 g/mol. The van der Waals surface area contributed by atoms with Crippen LogP contribution in [-0.4, -0.2) is 19.9 Å². The fourth-order valence-electron chi connectivity index (χ4n) is 10.3. The van der Waals surface area contributed by atoms with Crippen LogP contribution in [0, 0.1) is 0 Å². The summed E-state index contributed by atoms with van der Waals surface area (Å²) in [5.74, 6) is 1.69. The van der Waals surface area contributed by atoms with Gasteiger partial charge >= 0.3 is 0 Å². The number of nitrogens with zero attached hydrogens (tertiary/aromatic N) is 4. The van der Waals surface area contributed by atoms with Crippen molar-refractivity contribution in [2.45, 2.75) is 0 Å². The summed E-state index contributed by atoms with van der Waals surface area (Å²) in [4.78, 5) is 21.3. The quantitative estimate of drug-likeness (QED) is 0.130. The minimum absolute atomic E-state index is 0.559. The van der Waals surface area contributed by atoms with Gasteiger partial charge in [0.25, 0.3) is 0 Å². The molecule has 0 N–H and O–H groups in total. The molecule has 0 aliphatic heterocycles. The third-order valence-corrected chi connectivity index (χ3v) is 14.1. The second-order valence-corrected chi connectivity index (χ2v) is 19.1. The van der Waals surface area contributed by atoms with E-state index in [0.29, 0.717) is 17.5 Å². The molecule has 0 saturated heterocycles. The lowest BCUT2D eigenvalue weighted by molar-refractivity contribution is 1.07. The van der Waals surface area contributed by atoms with Crippen molar-refractivity contribution in [1.82, 2.24) is 19.9 Å². The van der Waals surface area contributed by atoms with Crippen molar-refractivity contribution in [3.8, 4) is 123 Å². The summed E-state index contributed by atoms with van der Waals surface area (Å²) >= 11 is 0. The lowest BCUT2D eigenvalue weighted by Crippen LogP contribution is -2.01. The number of hydrogen-bond donors (Lipinski definition) is 0. The zero-order valence-electron chi connectivity index (χ0n) is 41.5. The van der Waals surface area contributed by atoms with Crippen LogP contribution >= 0.6 is 0 Å². The first-order chi connectivity index (χ1) is 37.6. The number of pyridine rings is 1. The second-order valence-electron chi connectivity index (χ2n) is 19.1. The van der Waals surface area contributed by atoms with Crippen molar-refractivity contribution in [3.05, 3.63) is 291 Å². The van der Waals surface area contributed by atoms with Gasteiger partial charge in [-0.25, -0.2) is 15.0 Å². The third kappa shape index (κ3) is 9.51. The molecule has 13 rings (SSSR count).